The fourth-order valence-electron chi connectivity index (χ4n) is 3.05. The van der Waals surface area contributed by atoms with E-state index in [1.54, 1.807) is 11.8 Å². The van der Waals surface area contributed by atoms with Crippen molar-refractivity contribution in [1.82, 2.24) is 14.5 Å². The van der Waals surface area contributed by atoms with Crippen LogP contribution in [0.5, 0.6) is 0 Å². The average molecular weight is 338 g/mol. The van der Waals surface area contributed by atoms with Crippen LogP contribution < -0.4 is 0 Å². The van der Waals surface area contributed by atoms with E-state index < -0.39 is 0 Å². The van der Waals surface area contributed by atoms with Gasteiger partial charge in [-0.15, -0.1) is 0 Å². The van der Waals surface area contributed by atoms with Crippen LogP contribution in [0.3, 0.4) is 0 Å². The molecule has 0 radical (unpaired) electrons. The number of aromatic nitrogens is 2. The van der Waals surface area contributed by atoms with Gasteiger partial charge >= 0.3 is 0 Å². The van der Waals surface area contributed by atoms with Gasteiger partial charge in [-0.1, -0.05) is 37.9 Å². The summed E-state index contributed by atoms with van der Waals surface area (Å²) in [6, 6.07) is 0. The standard InChI is InChI=1S/C18H31N3OS/c1-5-6-13-21-15(3)14(2)19-18(21)23-16(4)17(22)20-11-9-7-8-10-12-20/h16H,5-13H2,1-4H3. The Morgan fingerprint density at radius 1 is 1.22 bits per heavy atom. The largest absolute Gasteiger partial charge is 0.342 e. The molecule has 23 heavy (non-hydrogen) atoms. The topological polar surface area (TPSA) is 38.1 Å². The van der Waals surface area contributed by atoms with Gasteiger partial charge in [-0.25, -0.2) is 4.98 Å². The molecule has 1 atom stereocenters. The number of imidazole rings is 1. The molecule has 2 rings (SSSR count). The minimum Gasteiger partial charge on any atom is -0.342 e. The van der Waals surface area contributed by atoms with E-state index >= 15 is 0 Å². The smallest absolute Gasteiger partial charge is 0.235 e. The van der Waals surface area contributed by atoms with Gasteiger partial charge < -0.3 is 9.47 Å². The van der Waals surface area contributed by atoms with Gasteiger partial charge in [-0.2, -0.15) is 0 Å². The zero-order valence-electron chi connectivity index (χ0n) is 15.1. The second-order valence-corrected chi connectivity index (χ2v) is 7.88. The molecule has 0 bridgehead atoms. The van der Waals surface area contributed by atoms with E-state index in [0.29, 0.717) is 0 Å². The Kier molecular flexibility index (Phi) is 7.00. The van der Waals surface area contributed by atoms with Gasteiger partial charge in [0.15, 0.2) is 5.16 Å². The number of hydrogen-bond acceptors (Lipinski definition) is 3. The molecular weight excluding hydrogens is 306 g/mol. The summed E-state index contributed by atoms with van der Waals surface area (Å²) in [5.41, 5.74) is 2.31. The maximum atomic E-state index is 12.7. The van der Waals surface area contributed by atoms with Crippen LogP contribution >= 0.6 is 11.8 Å². The van der Waals surface area contributed by atoms with Crippen LogP contribution in [-0.4, -0.2) is 38.7 Å². The third kappa shape index (κ3) is 4.75. The van der Waals surface area contributed by atoms with Crippen molar-refractivity contribution in [1.29, 1.82) is 0 Å². The van der Waals surface area contributed by atoms with E-state index in [-0.39, 0.29) is 11.2 Å². The third-order valence-electron chi connectivity index (χ3n) is 4.71. The number of unbranched alkanes of at least 4 members (excludes halogenated alkanes) is 1. The highest BCUT2D eigenvalue weighted by molar-refractivity contribution is 8.00. The Labute approximate surface area is 145 Å². The van der Waals surface area contributed by atoms with Crippen molar-refractivity contribution in [2.45, 2.75) is 83.2 Å². The minimum absolute atomic E-state index is 0.0605. The fraction of sp³-hybridized carbons (Fsp3) is 0.778. The number of carbonyl (C=O) groups excluding carboxylic acids is 1. The molecule has 130 valence electrons. The van der Waals surface area contributed by atoms with Crippen LogP contribution in [0.4, 0.5) is 0 Å². The number of aryl methyl sites for hydroxylation is 1. The van der Waals surface area contributed by atoms with E-state index in [1.165, 1.54) is 25.0 Å². The molecule has 1 saturated heterocycles. The first-order valence-electron chi connectivity index (χ1n) is 9.03. The van der Waals surface area contributed by atoms with Crippen molar-refractivity contribution < 1.29 is 4.79 Å². The van der Waals surface area contributed by atoms with Gasteiger partial charge in [-0.3, -0.25) is 4.79 Å². The highest BCUT2D eigenvalue weighted by Crippen LogP contribution is 2.27. The van der Waals surface area contributed by atoms with E-state index in [2.05, 4.69) is 30.2 Å². The van der Waals surface area contributed by atoms with Gasteiger partial charge in [0.2, 0.25) is 5.91 Å². The molecule has 2 heterocycles. The molecule has 1 aromatic rings. The van der Waals surface area contributed by atoms with Crippen molar-refractivity contribution in [3.63, 3.8) is 0 Å². The summed E-state index contributed by atoms with van der Waals surface area (Å²) in [6.07, 6.45) is 7.12. The Balaban J connectivity index is 2.05. The molecule has 0 spiro atoms. The van der Waals surface area contributed by atoms with Crippen LogP contribution in [0.1, 0.15) is 63.8 Å². The monoisotopic (exact) mass is 337 g/mol. The summed E-state index contributed by atoms with van der Waals surface area (Å²) in [4.78, 5) is 19.5. The summed E-state index contributed by atoms with van der Waals surface area (Å²) >= 11 is 1.62. The van der Waals surface area contributed by atoms with E-state index in [1.807, 2.05) is 6.92 Å². The maximum Gasteiger partial charge on any atom is 0.235 e. The Hall–Kier alpha value is -0.970. The molecule has 1 unspecified atom stereocenters. The van der Waals surface area contributed by atoms with Crippen LogP contribution in [-0.2, 0) is 11.3 Å². The Morgan fingerprint density at radius 3 is 2.48 bits per heavy atom. The predicted octanol–water partition coefficient (Wildman–Crippen LogP) is 4.18. The molecule has 0 aliphatic carbocycles. The Morgan fingerprint density at radius 2 is 1.87 bits per heavy atom. The number of likely N-dealkylation sites (tertiary alicyclic amines) is 1. The SMILES string of the molecule is CCCCn1c(SC(C)C(=O)N2CCCCCC2)nc(C)c1C. The fourth-order valence-corrected chi connectivity index (χ4v) is 4.16. The number of amides is 1. The first kappa shape index (κ1) is 18.4. The number of nitrogens with zero attached hydrogens (tertiary/aromatic N) is 3. The van der Waals surface area contributed by atoms with Gasteiger partial charge in [0.05, 0.1) is 10.9 Å². The summed E-state index contributed by atoms with van der Waals surface area (Å²) < 4.78 is 2.29. The van der Waals surface area contributed by atoms with Crippen molar-refractivity contribution in [2.24, 2.45) is 0 Å². The van der Waals surface area contributed by atoms with Crippen molar-refractivity contribution >= 4 is 17.7 Å². The lowest BCUT2D eigenvalue weighted by Crippen LogP contribution is -2.37. The second kappa shape index (κ2) is 8.76. The number of carbonyl (C=O) groups is 1. The van der Waals surface area contributed by atoms with Gasteiger partial charge in [-0.05, 0) is 40.0 Å². The van der Waals surface area contributed by atoms with Gasteiger partial charge in [0, 0.05) is 25.3 Å². The average Bonchev–Trinajstić information content (AvgIpc) is 2.75. The minimum atomic E-state index is -0.0605. The van der Waals surface area contributed by atoms with E-state index in [9.17, 15) is 4.79 Å². The lowest BCUT2D eigenvalue weighted by Gasteiger charge is -2.23. The third-order valence-corrected chi connectivity index (χ3v) is 5.78. The molecule has 1 aromatic heterocycles. The highest BCUT2D eigenvalue weighted by Gasteiger charge is 2.24. The van der Waals surface area contributed by atoms with Crippen LogP contribution in [0.15, 0.2) is 5.16 Å². The number of hydrogen-bond donors (Lipinski definition) is 0. The lowest BCUT2D eigenvalue weighted by atomic mass is 10.2. The molecule has 0 N–H and O–H groups in total. The molecular formula is C18H31N3OS. The summed E-state index contributed by atoms with van der Waals surface area (Å²) in [5, 5.41) is 0.943. The van der Waals surface area contributed by atoms with Crippen LogP contribution in [0, 0.1) is 13.8 Å². The highest BCUT2D eigenvalue weighted by atomic mass is 32.2. The molecule has 0 saturated carbocycles. The molecule has 1 aliphatic heterocycles. The van der Waals surface area contributed by atoms with E-state index in [0.717, 1.165) is 49.7 Å². The van der Waals surface area contributed by atoms with Gasteiger partial charge in [0.1, 0.15) is 0 Å². The molecule has 1 aliphatic rings. The van der Waals surface area contributed by atoms with Crippen molar-refractivity contribution in [3.8, 4) is 0 Å². The summed E-state index contributed by atoms with van der Waals surface area (Å²) in [5.74, 6) is 0.275. The molecule has 1 fully saturated rings. The first-order valence-corrected chi connectivity index (χ1v) is 9.91. The van der Waals surface area contributed by atoms with Crippen molar-refractivity contribution in [2.75, 3.05) is 13.1 Å². The molecule has 1 amide bonds. The van der Waals surface area contributed by atoms with Gasteiger partial charge in [0.25, 0.3) is 0 Å². The molecule has 0 aromatic carbocycles. The summed E-state index contributed by atoms with van der Waals surface area (Å²) in [7, 11) is 0. The zero-order chi connectivity index (χ0) is 16.8. The van der Waals surface area contributed by atoms with Crippen molar-refractivity contribution in [3.05, 3.63) is 11.4 Å². The normalized spacial score (nSPS) is 17.1. The first-order chi connectivity index (χ1) is 11.0. The second-order valence-electron chi connectivity index (χ2n) is 6.57. The number of rotatable bonds is 6. The quantitative estimate of drug-likeness (QED) is 0.731. The molecule has 4 nitrogen and oxygen atoms in total. The molecule has 5 heteroatoms. The number of thioether (sulfide) groups is 1. The zero-order valence-corrected chi connectivity index (χ0v) is 15.9. The van der Waals surface area contributed by atoms with Crippen LogP contribution in [0.2, 0.25) is 0 Å². The van der Waals surface area contributed by atoms with Crippen LogP contribution in [0.25, 0.3) is 0 Å². The summed E-state index contributed by atoms with van der Waals surface area (Å²) in [6.45, 7) is 11.3. The maximum absolute atomic E-state index is 12.7. The van der Waals surface area contributed by atoms with E-state index in [4.69, 9.17) is 4.98 Å². The Bertz CT molecular complexity index is 519. The predicted molar refractivity (Wildman–Crippen MR) is 97.0 cm³/mol. The lowest BCUT2D eigenvalue weighted by molar-refractivity contribution is -0.130.